The smallest absolute Gasteiger partial charge is 0.226 e. The van der Waals surface area contributed by atoms with Crippen molar-refractivity contribution in [2.45, 2.75) is 25.3 Å². The number of ketones is 1. The molecule has 2 aromatic carbocycles. The fourth-order valence-corrected chi connectivity index (χ4v) is 4.65. The van der Waals surface area contributed by atoms with E-state index in [4.69, 9.17) is 29.0 Å². The van der Waals surface area contributed by atoms with Crippen LogP contribution in [0, 0.1) is 0 Å². The molecular weight excluding hydrogens is 436 g/mol. The largest absolute Gasteiger partial charge is 0.496 e. The molecule has 34 heavy (non-hydrogen) atoms. The Balaban J connectivity index is 1.74. The van der Waals surface area contributed by atoms with Crippen molar-refractivity contribution in [1.29, 1.82) is 0 Å². The number of allylic oxidation sites excluding steroid dienone is 2. The van der Waals surface area contributed by atoms with Gasteiger partial charge in [-0.25, -0.2) is 4.68 Å². The van der Waals surface area contributed by atoms with E-state index in [9.17, 15) is 4.79 Å². The number of para-hydroxylation sites is 1. The molecule has 0 fully saturated rings. The van der Waals surface area contributed by atoms with Crippen LogP contribution >= 0.6 is 0 Å². The number of fused-ring (bicyclic) bond motifs is 1. The van der Waals surface area contributed by atoms with Gasteiger partial charge in [0.1, 0.15) is 17.5 Å². The number of hydrogen-bond acceptors (Lipinski definition) is 8. The first kappa shape index (κ1) is 21.8. The van der Waals surface area contributed by atoms with Gasteiger partial charge >= 0.3 is 0 Å². The molecular formula is C25H26N4O5. The first-order valence-corrected chi connectivity index (χ1v) is 11.0. The minimum absolute atomic E-state index is 0.0792. The lowest BCUT2D eigenvalue weighted by Crippen LogP contribution is -2.31. The Kier molecular flexibility index (Phi) is 5.61. The highest BCUT2D eigenvalue weighted by molar-refractivity contribution is 5.99. The van der Waals surface area contributed by atoms with E-state index in [0.29, 0.717) is 46.8 Å². The number of methoxy groups -OCH3 is 4. The van der Waals surface area contributed by atoms with Gasteiger partial charge in [0.15, 0.2) is 23.1 Å². The number of nitrogens with one attached hydrogen (secondary N) is 1. The van der Waals surface area contributed by atoms with Crippen LogP contribution < -0.4 is 24.3 Å². The minimum atomic E-state index is -0.537. The molecule has 3 aromatic rings. The van der Waals surface area contributed by atoms with Crippen molar-refractivity contribution in [3.8, 4) is 34.4 Å². The molecule has 0 bridgehead atoms. The maximum absolute atomic E-state index is 13.2. The number of carbonyl (C=O) groups is 1. The molecule has 1 unspecified atom stereocenters. The Hall–Kier alpha value is -4.01. The highest BCUT2D eigenvalue weighted by Crippen LogP contribution is 2.46. The Morgan fingerprint density at radius 2 is 1.62 bits per heavy atom. The van der Waals surface area contributed by atoms with Gasteiger partial charge in [-0.15, -0.1) is 5.10 Å². The van der Waals surface area contributed by atoms with Crippen LogP contribution in [0.1, 0.15) is 30.9 Å². The summed E-state index contributed by atoms with van der Waals surface area (Å²) in [5, 5.41) is 8.19. The Morgan fingerprint density at radius 3 is 2.35 bits per heavy atom. The van der Waals surface area contributed by atoms with Crippen molar-refractivity contribution in [2.24, 2.45) is 0 Å². The molecule has 5 rings (SSSR count). The van der Waals surface area contributed by atoms with E-state index in [-0.39, 0.29) is 5.78 Å². The number of benzene rings is 2. The van der Waals surface area contributed by atoms with Crippen LogP contribution in [0.5, 0.6) is 23.0 Å². The van der Waals surface area contributed by atoms with E-state index in [2.05, 4.69) is 5.32 Å². The highest BCUT2D eigenvalue weighted by atomic mass is 16.5. The molecule has 1 atom stereocenters. The molecule has 2 heterocycles. The second kappa shape index (κ2) is 8.74. The molecule has 0 spiro atoms. The summed E-state index contributed by atoms with van der Waals surface area (Å²) in [4.78, 5) is 18.0. The fraction of sp³-hybridized carbons (Fsp3) is 0.320. The molecule has 9 heteroatoms. The van der Waals surface area contributed by atoms with Gasteiger partial charge in [-0.2, -0.15) is 4.98 Å². The van der Waals surface area contributed by atoms with Gasteiger partial charge in [0.25, 0.3) is 0 Å². The van der Waals surface area contributed by atoms with Crippen molar-refractivity contribution >= 4 is 11.7 Å². The second-order valence-corrected chi connectivity index (χ2v) is 8.05. The van der Waals surface area contributed by atoms with Crippen molar-refractivity contribution in [2.75, 3.05) is 33.8 Å². The monoisotopic (exact) mass is 462 g/mol. The summed E-state index contributed by atoms with van der Waals surface area (Å²) in [6.45, 7) is 0. The zero-order chi connectivity index (χ0) is 23.8. The second-order valence-electron chi connectivity index (χ2n) is 8.05. The molecule has 2 aliphatic rings. The normalized spacial score (nSPS) is 16.9. The van der Waals surface area contributed by atoms with Crippen LogP contribution in [-0.4, -0.2) is 49.0 Å². The lowest BCUT2D eigenvalue weighted by molar-refractivity contribution is -0.116. The van der Waals surface area contributed by atoms with E-state index in [0.717, 1.165) is 29.7 Å². The average Bonchev–Trinajstić information content (AvgIpc) is 3.30. The maximum atomic E-state index is 13.2. The standard InChI is InChI=1S/C25H26N4O5/c1-31-18-11-6-5-8-14(18)24-27-25-26-16-9-7-10-17(30)22(16)23(29(25)28-24)15-12-20(33-3)21(34-4)13-19(15)32-2/h5-6,8,11-13,23H,7,9-10H2,1-4H3,(H,26,27,28). The third-order valence-corrected chi connectivity index (χ3v) is 6.25. The minimum Gasteiger partial charge on any atom is -0.496 e. The Bertz CT molecular complexity index is 1300. The summed E-state index contributed by atoms with van der Waals surface area (Å²) in [7, 11) is 6.35. The number of ether oxygens (including phenoxy) is 4. The third kappa shape index (κ3) is 3.44. The predicted molar refractivity (Wildman–Crippen MR) is 126 cm³/mol. The predicted octanol–water partition coefficient (Wildman–Crippen LogP) is 4.00. The van der Waals surface area contributed by atoms with Gasteiger partial charge in [0.2, 0.25) is 5.95 Å². The van der Waals surface area contributed by atoms with E-state index in [1.165, 1.54) is 0 Å². The topological polar surface area (TPSA) is 96.7 Å². The fourth-order valence-electron chi connectivity index (χ4n) is 4.65. The van der Waals surface area contributed by atoms with Crippen molar-refractivity contribution < 1.29 is 23.7 Å². The van der Waals surface area contributed by atoms with Gasteiger partial charge in [-0.05, 0) is 31.0 Å². The number of hydrogen-bond donors (Lipinski definition) is 1. The van der Waals surface area contributed by atoms with Crippen LogP contribution in [0.2, 0.25) is 0 Å². The zero-order valence-electron chi connectivity index (χ0n) is 19.5. The summed E-state index contributed by atoms with van der Waals surface area (Å²) >= 11 is 0. The average molecular weight is 463 g/mol. The quantitative estimate of drug-likeness (QED) is 0.587. The van der Waals surface area contributed by atoms with Crippen molar-refractivity contribution in [3.05, 3.63) is 53.2 Å². The molecule has 0 saturated carbocycles. The molecule has 1 aliphatic carbocycles. The Morgan fingerprint density at radius 1 is 0.912 bits per heavy atom. The molecule has 9 nitrogen and oxygen atoms in total. The van der Waals surface area contributed by atoms with E-state index in [1.807, 2.05) is 30.3 Å². The molecule has 0 radical (unpaired) electrons. The number of rotatable bonds is 6. The molecule has 0 amide bonds. The lowest BCUT2D eigenvalue weighted by atomic mass is 9.85. The molecule has 1 N–H and O–H groups in total. The maximum Gasteiger partial charge on any atom is 0.226 e. The summed E-state index contributed by atoms with van der Waals surface area (Å²) in [5.74, 6) is 3.43. The Labute approximate surface area is 197 Å². The number of aromatic nitrogens is 3. The van der Waals surface area contributed by atoms with Gasteiger partial charge in [0, 0.05) is 29.3 Å². The summed E-state index contributed by atoms with van der Waals surface area (Å²) in [5.41, 5.74) is 3.03. The molecule has 1 aliphatic heterocycles. The van der Waals surface area contributed by atoms with Crippen molar-refractivity contribution in [3.63, 3.8) is 0 Å². The number of anilines is 1. The first-order chi connectivity index (χ1) is 16.6. The molecule has 1 aromatic heterocycles. The number of Topliss-reactive ketones (excluding diaryl/α,β-unsaturated/α-hetero) is 1. The van der Waals surface area contributed by atoms with Gasteiger partial charge < -0.3 is 24.3 Å². The van der Waals surface area contributed by atoms with Crippen LogP contribution in [-0.2, 0) is 4.79 Å². The van der Waals surface area contributed by atoms with Gasteiger partial charge in [0.05, 0.1) is 34.0 Å². The summed E-state index contributed by atoms with van der Waals surface area (Å²) in [6, 6.07) is 10.6. The van der Waals surface area contributed by atoms with Crippen molar-refractivity contribution in [1.82, 2.24) is 14.8 Å². The first-order valence-electron chi connectivity index (χ1n) is 11.0. The van der Waals surface area contributed by atoms with Crippen LogP contribution in [0.3, 0.4) is 0 Å². The summed E-state index contributed by atoms with van der Waals surface area (Å²) < 4.78 is 24.0. The number of carbonyl (C=O) groups excluding carboxylic acids is 1. The van der Waals surface area contributed by atoms with E-state index >= 15 is 0 Å². The summed E-state index contributed by atoms with van der Waals surface area (Å²) in [6.07, 6.45) is 2.02. The van der Waals surface area contributed by atoms with E-state index in [1.54, 1.807) is 39.2 Å². The van der Waals surface area contributed by atoms with Crippen LogP contribution in [0.15, 0.2) is 47.7 Å². The van der Waals surface area contributed by atoms with Crippen LogP contribution in [0.4, 0.5) is 5.95 Å². The van der Waals surface area contributed by atoms with Crippen LogP contribution in [0.25, 0.3) is 11.4 Å². The SMILES string of the molecule is COc1cc(OC)c(C2C3=C(CCCC3=O)Nc3nc(-c4ccccc4OC)nn32)cc1OC. The molecule has 0 saturated heterocycles. The van der Waals surface area contributed by atoms with Gasteiger partial charge in [-0.3, -0.25) is 4.79 Å². The van der Waals surface area contributed by atoms with Gasteiger partial charge in [-0.1, -0.05) is 12.1 Å². The number of nitrogens with zero attached hydrogens (tertiary/aromatic N) is 3. The highest BCUT2D eigenvalue weighted by Gasteiger charge is 2.39. The van der Waals surface area contributed by atoms with E-state index < -0.39 is 6.04 Å². The lowest BCUT2D eigenvalue weighted by Gasteiger charge is -2.33. The third-order valence-electron chi connectivity index (χ3n) is 6.25. The molecule has 176 valence electrons. The zero-order valence-corrected chi connectivity index (χ0v) is 19.5.